The number of carbonyl (C=O) groups excluding carboxylic acids is 2. The summed E-state index contributed by atoms with van der Waals surface area (Å²) in [4.78, 5) is 31.5. The molecular weight excluding hydrogens is 512 g/mol. The number of benzene rings is 1. The Bertz CT molecular complexity index is 1080. The molecule has 0 saturated heterocycles. The number of alkyl halides is 3. The molecule has 35 heavy (non-hydrogen) atoms. The molecule has 1 heterocycles. The van der Waals surface area contributed by atoms with Gasteiger partial charge in [-0.2, -0.15) is 13.2 Å². The van der Waals surface area contributed by atoms with Gasteiger partial charge in [0.2, 0.25) is 5.88 Å². The summed E-state index contributed by atoms with van der Waals surface area (Å²) in [6.45, 7) is 3.10. The molecule has 190 valence electrons. The highest BCUT2D eigenvalue weighted by Crippen LogP contribution is 2.43. The van der Waals surface area contributed by atoms with Crippen LogP contribution in [0.15, 0.2) is 30.6 Å². The van der Waals surface area contributed by atoms with Crippen molar-refractivity contribution in [2.45, 2.75) is 50.4 Å². The van der Waals surface area contributed by atoms with Crippen LogP contribution in [0.25, 0.3) is 0 Å². The number of rotatable bonds is 9. The minimum atomic E-state index is -4.61. The molecule has 1 saturated carbocycles. The van der Waals surface area contributed by atoms with Crippen molar-refractivity contribution in [2.24, 2.45) is 0 Å². The first kappa shape index (κ1) is 26.8. The summed E-state index contributed by atoms with van der Waals surface area (Å²) in [5.74, 6) is -0.601. The second kappa shape index (κ2) is 10.4. The molecule has 0 spiro atoms. The van der Waals surface area contributed by atoms with Gasteiger partial charge < -0.3 is 20.1 Å². The van der Waals surface area contributed by atoms with Crippen molar-refractivity contribution in [3.63, 3.8) is 0 Å². The van der Waals surface area contributed by atoms with Gasteiger partial charge in [-0.05, 0) is 38.3 Å². The number of nitrogens with zero attached hydrogens (tertiary/aromatic N) is 2. The van der Waals surface area contributed by atoms with Gasteiger partial charge in [-0.1, -0.05) is 30.1 Å². The molecule has 2 aromatic rings. The second-order valence-corrected chi connectivity index (χ2v) is 9.35. The topological polar surface area (TPSA) is 102 Å². The van der Waals surface area contributed by atoms with Crippen molar-refractivity contribution >= 4 is 35.0 Å². The monoisotopic (exact) mass is 534 g/mol. The number of ether oxygens (including phenoxy) is 2. The quantitative estimate of drug-likeness (QED) is 0.500. The zero-order valence-corrected chi connectivity index (χ0v) is 20.4. The van der Waals surface area contributed by atoms with E-state index in [1.54, 1.807) is 12.1 Å². The highest BCUT2D eigenvalue weighted by Gasteiger charge is 2.52. The molecule has 2 N–H and O–H groups in total. The normalized spacial score (nSPS) is 21.6. The van der Waals surface area contributed by atoms with Crippen LogP contribution in [0.1, 0.15) is 38.8 Å². The number of hydrogen-bond acceptors (Lipinski definition) is 6. The fourth-order valence-electron chi connectivity index (χ4n) is 4.05. The lowest BCUT2D eigenvalue weighted by Gasteiger charge is -2.55. The van der Waals surface area contributed by atoms with Crippen LogP contribution in [0.2, 0.25) is 10.0 Å². The van der Waals surface area contributed by atoms with Crippen LogP contribution < -0.4 is 20.1 Å². The Kier molecular flexibility index (Phi) is 8.00. The van der Waals surface area contributed by atoms with Crippen LogP contribution in [0, 0.1) is 0 Å². The summed E-state index contributed by atoms with van der Waals surface area (Å²) >= 11 is 11.8. The van der Waals surface area contributed by atoms with E-state index >= 15 is 0 Å². The Morgan fingerprint density at radius 2 is 1.69 bits per heavy atom. The molecule has 1 aliphatic rings. The largest absolute Gasteiger partial charge is 0.484 e. The van der Waals surface area contributed by atoms with Crippen LogP contribution in [0.5, 0.6) is 11.6 Å². The first-order valence-electron chi connectivity index (χ1n) is 10.5. The summed E-state index contributed by atoms with van der Waals surface area (Å²) < 4.78 is 48.2. The Morgan fingerprint density at radius 1 is 1.03 bits per heavy atom. The van der Waals surface area contributed by atoms with Crippen molar-refractivity contribution in [1.29, 1.82) is 0 Å². The zero-order valence-electron chi connectivity index (χ0n) is 18.8. The van der Waals surface area contributed by atoms with Crippen molar-refractivity contribution in [3.8, 4) is 11.6 Å². The van der Waals surface area contributed by atoms with Crippen LogP contribution in [0.4, 0.5) is 13.2 Å². The third-order valence-corrected chi connectivity index (χ3v) is 6.25. The predicted octanol–water partition coefficient (Wildman–Crippen LogP) is 4.19. The number of halogens is 5. The molecule has 1 aliphatic carbocycles. The smallest absolute Gasteiger partial charge is 0.434 e. The van der Waals surface area contributed by atoms with Crippen molar-refractivity contribution in [1.82, 2.24) is 20.6 Å². The first-order chi connectivity index (χ1) is 16.3. The number of hydrogen-bond donors (Lipinski definition) is 2. The SMILES string of the molecule is CCC1(NC(=O)COc2cnc(C(F)(F)F)cn2)CC(C)(NC(=O)COc2ccc(Cl)c(Cl)c2)C1. The molecule has 3 rings (SSSR count). The highest BCUT2D eigenvalue weighted by atomic mass is 35.5. The van der Waals surface area contributed by atoms with Gasteiger partial charge in [-0.15, -0.1) is 0 Å². The summed E-state index contributed by atoms with van der Waals surface area (Å²) in [5.41, 5.74) is -2.27. The molecule has 1 fully saturated rings. The van der Waals surface area contributed by atoms with Gasteiger partial charge in [-0.3, -0.25) is 9.59 Å². The molecule has 0 bridgehead atoms. The van der Waals surface area contributed by atoms with E-state index in [4.69, 9.17) is 32.7 Å². The maximum Gasteiger partial charge on any atom is 0.434 e. The summed E-state index contributed by atoms with van der Waals surface area (Å²) in [6, 6.07) is 4.68. The third kappa shape index (κ3) is 7.11. The van der Waals surface area contributed by atoms with E-state index in [9.17, 15) is 22.8 Å². The van der Waals surface area contributed by atoms with E-state index in [1.165, 1.54) is 6.07 Å². The minimum absolute atomic E-state index is 0.202. The Morgan fingerprint density at radius 3 is 2.26 bits per heavy atom. The number of nitrogens with one attached hydrogen (secondary N) is 2. The van der Waals surface area contributed by atoms with Gasteiger partial charge in [0.15, 0.2) is 18.9 Å². The molecule has 0 atom stereocenters. The van der Waals surface area contributed by atoms with E-state index in [0.717, 1.165) is 6.20 Å². The number of carbonyl (C=O) groups is 2. The maximum absolute atomic E-state index is 12.5. The summed E-state index contributed by atoms with van der Waals surface area (Å²) in [7, 11) is 0. The van der Waals surface area contributed by atoms with Crippen LogP contribution in [-0.4, -0.2) is 46.1 Å². The number of aromatic nitrogens is 2. The van der Waals surface area contributed by atoms with Crippen LogP contribution in [0.3, 0.4) is 0 Å². The van der Waals surface area contributed by atoms with E-state index in [-0.39, 0.29) is 18.4 Å². The van der Waals surface area contributed by atoms with E-state index in [1.807, 2.05) is 13.8 Å². The average molecular weight is 535 g/mol. The molecule has 0 unspecified atom stereocenters. The van der Waals surface area contributed by atoms with E-state index < -0.39 is 35.5 Å². The van der Waals surface area contributed by atoms with Gasteiger partial charge in [0.25, 0.3) is 11.8 Å². The van der Waals surface area contributed by atoms with Gasteiger partial charge >= 0.3 is 6.18 Å². The number of amides is 2. The second-order valence-electron chi connectivity index (χ2n) is 8.54. The van der Waals surface area contributed by atoms with Crippen molar-refractivity contribution in [2.75, 3.05) is 13.2 Å². The molecule has 1 aromatic carbocycles. The molecule has 0 aliphatic heterocycles. The standard InChI is InChI=1S/C22H23Cl2F3N4O4/c1-3-21(31-18(33)10-35-19-8-28-16(7-29-19)22(25,26)27)11-20(2,12-21)30-17(32)9-34-13-4-5-14(23)15(24)6-13/h4-8H,3,9-12H2,1-2H3,(H,30,32)(H,31,33). The highest BCUT2D eigenvalue weighted by molar-refractivity contribution is 6.42. The summed E-state index contributed by atoms with van der Waals surface area (Å²) in [6.07, 6.45) is -1.72. The molecule has 13 heteroatoms. The lowest BCUT2D eigenvalue weighted by atomic mass is 9.62. The van der Waals surface area contributed by atoms with E-state index in [2.05, 4.69) is 20.6 Å². The fraction of sp³-hybridized carbons (Fsp3) is 0.455. The Labute approximate surface area is 209 Å². The fourth-order valence-corrected chi connectivity index (χ4v) is 4.34. The lowest BCUT2D eigenvalue weighted by molar-refractivity contribution is -0.141. The first-order valence-corrected chi connectivity index (χ1v) is 11.3. The molecule has 1 aromatic heterocycles. The van der Waals surface area contributed by atoms with Crippen LogP contribution >= 0.6 is 23.2 Å². The molecule has 2 amide bonds. The van der Waals surface area contributed by atoms with Crippen LogP contribution in [-0.2, 0) is 15.8 Å². The average Bonchev–Trinajstić information content (AvgIpc) is 2.77. The van der Waals surface area contributed by atoms with Crippen molar-refractivity contribution in [3.05, 3.63) is 46.3 Å². The maximum atomic E-state index is 12.5. The predicted molar refractivity (Wildman–Crippen MR) is 121 cm³/mol. The van der Waals surface area contributed by atoms with Gasteiger partial charge in [0.05, 0.1) is 22.4 Å². The van der Waals surface area contributed by atoms with Gasteiger partial charge in [0.1, 0.15) is 5.75 Å². The molecular formula is C22H23Cl2F3N4O4. The Hall–Kier alpha value is -2.79. The molecule has 0 radical (unpaired) electrons. The summed E-state index contributed by atoms with van der Waals surface area (Å²) in [5, 5.41) is 6.48. The van der Waals surface area contributed by atoms with E-state index in [0.29, 0.717) is 41.3 Å². The van der Waals surface area contributed by atoms with Gasteiger partial charge in [0, 0.05) is 17.1 Å². The van der Waals surface area contributed by atoms with Gasteiger partial charge in [-0.25, -0.2) is 9.97 Å². The molecule has 8 nitrogen and oxygen atoms in total. The van der Waals surface area contributed by atoms with Crippen molar-refractivity contribution < 1.29 is 32.2 Å². The third-order valence-electron chi connectivity index (χ3n) is 5.51. The minimum Gasteiger partial charge on any atom is -0.484 e. The Balaban J connectivity index is 1.45. The lowest BCUT2D eigenvalue weighted by Crippen LogP contribution is -2.70. The zero-order chi connectivity index (χ0) is 25.9.